The molecule has 0 fully saturated rings. The van der Waals surface area contributed by atoms with Crippen molar-refractivity contribution in [1.82, 2.24) is 0 Å². The van der Waals surface area contributed by atoms with E-state index in [9.17, 15) is 4.79 Å². The van der Waals surface area contributed by atoms with Gasteiger partial charge in [0.15, 0.2) is 0 Å². The fourth-order valence-electron chi connectivity index (χ4n) is 1.31. The fraction of sp³-hybridized carbons (Fsp3) is 0.625. The second kappa shape index (κ2) is 3.05. The van der Waals surface area contributed by atoms with Crippen LogP contribution in [0.1, 0.15) is 19.8 Å². The van der Waals surface area contributed by atoms with Crippen molar-refractivity contribution >= 4 is 5.97 Å². The molecule has 1 aliphatic carbocycles. The van der Waals surface area contributed by atoms with Gasteiger partial charge < -0.3 is 10.2 Å². The standard InChI is InChI=1S/C8H12O3/c1-5-2-3-6(9)4-7(5)8(10)11/h2,6-7,9H,3-4H2,1H3,(H,10,11). The van der Waals surface area contributed by atoms with E-state index in [4.69, 9.17) is 10.2 Å². The van der Waals surface area contributed by atoms with Crippen molar-refractivity contribution in [3.8, 4) is 0 Å². The van der Waals surface area contributed by atoms with Crippen LogP contribution in [0.3, 0.4) is 0 Å². The number of rotatable bonds is 1. The lowest BCUT2D eigenvalue weighted by molar-refractivity contribution is -0.141. The van der Waals surface area contributed by atoms with Crippen LogP contribution in [0.25, 0.3) is 0 Å². The van der Waals surface area contributed by atoms with Crippen LogP contribution < -0.4 is 0 Å². The second-order valence-electron chi connectivity index (χ2n) is 2.96. The van der Waals surface area contributed by atoms with E-state index in [1.54, 1.807) is 13.0 Å². The lowest BCUT2D eigenvalue weighted by atomic mass is 9.87. The maximum Gasteiger partial charge on any atom is 0.310 e. The topological polar surface area (TPSA) is 57.5 Å². The Morgan fingerprint density at radius 1 is 1.73 bits per heavy atom. The SMILES string of the molecule is CC1=CCC(O)CC1C(=O)O. The molecule has 1 aliphatic rings. The smallest absolute Gasteiger partial charge is 0.310 e. The number of aliphatic carboxylic acids is 1. The van der Waals surface area contributed by atoms with E-state index in [-0.39, 0.29) is 0 Å². The molecule has 0 spiro atoms. The molecule has 0 radical (unpaired) electrons. The van der Waals surface area contributed by atoms with Crippen LogP contribution in [0.4, 0.5) is 0 Å². The zero-order valence-electron chi connectivity index (χ0n) is 6.45. The first-order valence-corrected chi connectivity index (χ1v) is 3.68. The van der Waals surface area contributed by atoms with Gasteiger partial charge >= 0.3 is 5.97 Å². The highest BCUT2D eigenvalue weighted by atomic mass is 16.4. The summed E-state index contributed by atoms with van der Waals surface area (Å²) in [5.74, 6) is -1.31. The average molecular weight is 156 g/mol. The summed E-state index contributed by atoms with van der Waals surface area (Å²) in [5, 5.41) is 17.8. The molecule has 3 heteroatoms. The third kappa shape index (κ3) is 1.80. The summed E-state index contributed by atoms with van der Waals surface area (Å²) in [6.45, 7) is 1.80. The summed E-state index contributed by atoms with van der Waals surface area (Å²) >= 11 is 0. The van der Waals surface area contributed by atoms with Gasteiger partial charge in [-0.05, 0) is 19.8 Å². The van der Waals surface area contributed by atoms with Crippen molar-refractivity contribution in [3.63, 3.8) is 0 Å². The first-order chi connectivity index (χ1) is 5.11. The van der Waals surface area contributed by atoms with Crippen LogP contribution in [0.5, 0.6) is 0 Å². The van der Waals surface area contributed by atoms with Gasteiger partial charge in [-0.1, -0.05) is 11.6 Å². The van der Waals surface area contributed by atoms with Gasteiger partial charge in [0, 0.05) is 0 Å². The van der Waals surface area contributed by atoms with Crippen LogP contribution in [-0.2, 0) is 4.79 Å². The Morgan fingerprint density at radius 3 is 2.82 bits per heavy atom. The zero-order valence-corrected chi connectivity index (χ0v) is 6.45. The number of carbonyl (C=O) groups is 1. The molecular formula is C8H12O3. The minimum atomic E-state index is -0.836. The van der Waals surface area contributed by atoms with Crippen LogP contribution >= 0.6 is 0 Å². The highest BCUT2D eigenvalue weighted by Crippen LogP contribution is 2.24. The summed E-state index contributed by atoms with van der Waals surface area (Å²) in [5.41, 5.74) is 0.864. The van der Waals surface area contributed by atoms with Gasteiger partial charge in [-0.15, -0.1) is 0 Å². The lowest BCUT2D eigenvalue weighted by Gasteiger charge is -2.21. The number of carboxylic acid groups (broad SMARTS) is 1. The Hall–Kier alpha value is -0.830. The maximum absolute atomic E-state index is 10.6. The monoisotopic (exact) mass is 156 g/mol. The molecule has 0 amide bonds. The summed E-state index contributed by atoms with van der Waals surface area (Å²) < 4.78 is 0. The van der Waals surface area contributed by atoms with E-state index >= 15 is 0 Å². The molecule has 0 saturated carbocycles. The highest BCUT2D eigenvalue weighted by Gasteiger charge is 2.25. The largest absolute Gasteiger partial charge is 0.481 e. The number of carboxylic acids is 1. The number of aliphatic hydroxyl groups excluding tert-OH is 1. The third-order valence-corrected chi connectivity index (χ3v) is 2.07. The third-order valence-electron chi connectivity index (χ3n) is 2.07. The van der Waals surface area contributed by atoms with E-state index in [0.29, 0.717) is 12.8 Å². The Bertz CT molecular complexity index is 196. The van der Waals surface area contributed by atoms with E-state index in [2.05, 4.69) is 0 Å². The van der Waals surface area contributed by atoms with E-state index in [0.717, 1.165) is 5.57 Å². The molecule has 1 rings (SSSR count). The highest BCUT2D eigenvalue weighted by molar-refractivity contribution is 5.73. The van der Waals surface area contributed by atoms with Crippen LogP contribution in [0.15, 0.2) is 11.6 Å². The van der Waals surface area contributed by atoms with Crippen molar-refractivity contribution in [2.75, 3.05) is 0 Å². The predicted octanol–water partition coefficient (Wildman–Crippen LogP) is 0.788. The Labute approximate surface area is 65.3 Å². The summed E-state index contributed by atoms with van der Waals surface area (Å²) in [6, 6.07) is 0. The zero-order chi connectivity index (χ0) is 8.43. The summed E-state index contributed by atoms with van der Waals surface area (Å²) in [7, 11) is 0. The van der Waals surface area contributed by atoms with Crippen molar-refractivity contribution in [2.24, 2.45) is 5.92 Å². The molecule has 2 atom stereocenters. The van der Waals surface area contributed by atoms with Crippen molar-refractivity contribution in [2.45, 2.75) is 25.9 Å². The minimum Gasteiger partial charge on any atom is -0.481 e. The molecular weight excluding hydrogens is 144 g/mol. The Morgan fingerprint density at radius 2 is 2.36 bits per heavy atom. The van der Waals surface area contributed by atoms with Gasteiger partial charge in [-0.25, -0.2) is 0 Å². The molecule has 0 saturated heterocycles. The molecule has 2 unspecified atom stereocenters. The molecule has 0 aromatic carbocycles. The molecule has 62 valence electrons. The van der Waals surface area contributed by atoms with Crippen molar-refractivity contribution < 1.29 is 15.0 Å². The minimum absolute atomic E-state index is 0.359. The van der Waals surface area contributed by atoms with Crippen molar-refractivity contribution in [1.29, 1.82) is 0 Å². The maximum atomic E-state index is 10.6. The first kappa shape index (κ1) is 8.27. The molecule has 3 nitrogen and oxygen atoms in total. The number of hydrogen-bond acceptors (Lipinski definition) is 2. The van der Waals surface area contributed by atoms with Gasteiger partial charge in [0.05, 0.1) is 12.0 Å². The van der Waals surface area contributed by atoms with Crippen LogP contribution in [-0.4, -0.2) is 22.3 Å². The van der Waals surface area contributed by atoms with Crippen LogP contribution in [0.2, 0.25) is 0 Å². The van der Waals surface area contributed by atoms with Gasteiger partial charge in [0.2, 0.25) is 0 Å². The van der Waals surface area contributed by atoms with Crippen molar-refractivity contribution in [3.05, 3.63) is 11.6 Å². The summed E-state index contributed by atoms with van der Waals surface area (Å²) in [4.78, 5) is 10.6. The molecule has 0 aliphatic heterocycles. The van der Waals surface area contributed by atoms with Crippen LogP contribution in [0, 0.1) is 5.92 Å². The average Bonchev–Trinajstić information content (AvgIpc) is 1.94. The fourth-order valence-corrected chi connectivity index (χ4v) is 1.31. The predicted molar refractivity (Wildman–Crippen MR) is 40.1 cm³/mol. The van der Waals surface area contributed by atoms with E-state index in [1.807, 2.05) is 0 Å². The van der Waals surface area contributed by atoms with E-state index < -0.39 is 18.0 Å². The van der Waals surface area contributed by atoms with Gasteiger partial charge in [0.25, 0.3) is 0 Å². The number of aliphatic hydroxyl groups is 1. The van der Waals surface area contributed by atoms with Gasteiger partial charge in [-0.3, -0.25) is 4.79 Å². The Kier molecular flexibility index (Phi) is 2.29. The van der Waals surface area contributed by atoms with E-state index in [1.165, 1.54) is 0 Å². The Balaban J connectivity index is 2.71. The quantitative estimate of drug-likeness (QED) is 0.552. The van der Waals surface area contributed by atoms with Gasteiger partial charge in [0.1, 0.15) is 0 Å². The molecule has 11 heavy (non-hydrogen) atoms. The lowest BCUT2D eigenvalue weighted by Crippen LogP contribution is -2.25. The molecule has 0 bridgehead atoms. The summed E-state index contributed by atoms with van der Waals surface area (Å²) in [6.07, 6.45) is 2.28. The second-order valence-corrected chi connectivity index (χ2v) is 2.96. The number of hydrogen-bond donors (Lipinski definition) is 2. The first-order valence-electron chi connectivity index (χ1n) is 3.68. The normalized spacial score (nSPS) is 31.3. The van der Waals surface area contributed by atoms with Gasteiger partial charge in [-0.2, -0.15) is 0 Å². The molecule has 2 N–H and O–H groups in total. The molecule has 0 aromatic rings. The molecule has 0 aromatic heterocycles. The molecule has 0 heterocycles.